The lowest BCUT2D eigenvalue weighted by Crippen LogP contribution is -2.08. The average Bonchev–Trinajstić information content (AvgIpc) is 3.05. The summed E-state index contributed by atoms with van der Waals surface area (Å²) >= 11 is 3.10. The number of thioether (sulfide) groups is 1. The zero-order valence-corrected chi connectivity index (χ0v) is 16.0. The monoisotopic (exact) mass is 383 g/mol. The van der Waals surface area contributed by atoms with Crippen molar-refractivity contribution >= 4 is 50.0 Å². The van der Waals surface area contributed by atoms with Crippen molar-refractivity contribution in [2.24, 2.45) is 0 Å². The van der Waals surface area contributed by atoms with Crippen LogP contribution in [0.25, 0.3) is 21.7 Å². The second-order valence-electron chi connectivity index (χ2n) is 6.21. The van der Waals surface area contributed by atoms with Gasteiger partial charge in [-0.15, -0.1) is 10.2 Å². The Bertz CT molecular complexity index is 1130. The highest BCUT2D eigenvalue weighted by Crippen LogP contribution is 2.33. The molecule has 0 aliphatic carbocycles. The number of anilines is 1. The van der Waals surface area contributed by atoms with Crippen LogP contribution in [0.3, 0.4) is 0 Å². The number of nitrogens with one attached hydrogen (secondary N) is 1. The summed E-state index contributed by atoms with van der Waals surface area (Å²) in [4.78, 5) is 12.0. The molecule has 2 heterocycles. The molecular formula is C19H17N3O2S2. The summed E-state index contributed by atoms with van der Waals surface area (Å²) < 4.78 is 6.28. The molecule has 5 nitrogen and oxygen atoms in total. The van der Waals surface area contributed by atoms with Crippen molar-refractivity contribution < 1.29 is 4.42 Å². The van der Waals surface area contributed by atoms with Gasteiger partial charge in [-0.2, -0.15) is 0 Å². The molecule has 0 aliphatic heterocycles. The van der Waals surface area contributed by atoms with E-state index in [1.54, 1.807) is 17.8 Å². The summed E-state index contributed by atoms with van der Waals surface area (Å²) in [6.45, 7) is 4.13. The summed E-state index contributed by atoms with van der Waals surface area (Å²) in [7, 11) is 0. The minimum absolute atomic E-state index is 0.315. The average molecular weight is 383 g/mol. The molecule has 0 spiro atoms. The third-order valence-corrected chi connectivity index (χ3v) is 5.92. The van der Waals surface area contributed by atoms with Gasteiger partial charge in [0.25, 0.3) is 0 Å². The van der Waals surface area contributed by atoms with Crippen molar-refractivity contribution in [2.45, 2.75) is 30.0 Å². The number of hydrogen-bond donors (Lipinski definition) is 1. The fraction of sp³-hybridized carbons (Fsp3) is 0.211. The Labute approximate surface area is 158 Å². The number of hydrogen-bond acceptors (Lipinski definition) is 7. The van der Waals surface area contributed by atoms with Gasteiger partial charge in [0.1, 0.15) is 5.58 Å². The van der Waals surface area contributed by atoms with Gasteiger partial charge in [-0.25, -0.2) is 4.79 Å². The molecule has 4 rings (SSSR count). The Kier molecular flexibility index (Phi) is 4.65. The van der Waals surface area contributed by atoms with E-state index in [4.69, 9.17) is 4.42 Å². The number of fused-ring (bicyclic) bond motifs is 3. The van der Waals surface area contributed by atoms with E-state index in [2.05, 4.69) is 41.5 Å². The molecule has 0 aliphatic rings. The molecular weight excluding hydrogens is 366 g/mol. The second-order valence-corrected chi connectivity index (χ2v) is 8.41. The lowest BCUT2D eigenvalue weighted by atomic mass is 10.0. The number of benzene rings is 2. The van der Waals surface area contributed by atoms with Crippen LogP contribution in [0.5, 0.6) is 0 Å². The predicted octanol–water partition coefficient (Wildman–Crippen LogP) is 4.91. The van der Waals surface area contributed by atoms with Gasteiger partial charge in [0.2, 0.25) is 5.13 Å². The molecule has 0 atom stereocenters. The summed E-state index contributed by atoms with van der Waals surface area (Å²) in [6, 6.07) is 13.9. The van der Waals surface area contributed by atoms with Crippen LogP contribution in [0.4, 0.5) is 5.13 Å². The standard InChI is InChI=1S/C19H17N3O2S2/c1-11(2)20-18-21-22-19(26-18)25-10-13-9-16(23)24-15-8-7-12-5-3-4-6-14(12)17(13)15/h3-9,11H,10H2,1-2H3,(H,20,21). The van der Waals surface area contributed by atoms with Crippen LogP contribution in [-0.2, 0) is 5.75 Å². The Balaban J connectivity index is 1.70. The highest BCUT2D eigenvalue weighted by Gasteiger charge is 2.12. The molecule has 0 radical (unpaired) electrons. The third-order valence-electron chi connectivity index (χ3n) is 3.88. The van der Waals surface area contributed by atoms with Crippen LogP contribution in [0.2, 0.25) is 0 Å². The molecule has 0 saturated heterocycles. The van der Waals surface area contributed by atoms with Gasteiger partial charge in [0.15, 0.2) is 4.34 Å². The third kappa shape index (κ3) is 3.45. The summed E-state index contributed by atoms with van der Waals surface area (Å²) in [6.07, 6.45) is 0. The lowest BCUT2D eigenvalue weighted by molar-refractivity contribution is 0.560. The first-order chi connectivity index (χ1) is 12.6. The molecule has 1 N–H and O–H groups in total. The first-order valence-electron chi connectivity index (χ1n) is 8.27. The Morgan fingerprint density at radius 2 is 2.04 bits per heavy atom. The first kappa shape index (κ1) is 17.1. The van der Waals surface area contributed by atoms with Crippen LogP contribution in [0, 0.1) is 0 Å². The minimum atomic E-state index is -0.331. The first-order valence-corrected chi connectivity index (χ1v) is 10.1. The summed E-state index contributed by atoms with van der Waals surface area (Å²) in [5.41, 5.74) is 1.24. The van der Waals surface area contributed by atoms with E-state index in [1.807, 2.05) is 24.3 Å². The van der Waals surface area contributed by atoms with E-state index >= 15 is 0 Å². The minimum Gasteiger partial charge on any atom is -0.423 e. The van der Waals surface area contributed by atoms with Gasteiger partial charge in [-0.05, 0) is 36.2 Å². The predicted molar refractivity (Wildman–Crippen MR) is 108 cm³/mol. The molecule has 0 fully saturated rings. The van der Waals surface area contributed by atoms with Gasteiger partial charge >= 0.3 is 5.63 Å². The van der Waals surface area contributed by atoms with E-state index in [1.165, 1.54) is 11.3 Å². The van der Waals surface area contributed by atoms with Crippen molar-refractivity contribution in [3.63, 3.8) is 0 Å². The molecule has 0 saturated carbocycles. The lowest BCUT2D eigenvalue weighted by Gasteiger charge is -2.07. The SMILES string of the molecule is CC(C)Nc1nnc(SCc2cc(=O)oc3ccc4ccccc4c23)s1. The topological polar surface area (TPSA) is 68.0 Å². The summed E-state index contributed by atoms with van der Waals surface area (Å²) in [5.74, 6) is 0.631. The van der Waals surface area contributed by atoms with Crippen LogP contribution >= 0.6 is 23.1 Å². The second kappa shape index (κ2) is 7.09. The number of aromatic nitrogens is 2. The molecule has 2 aromatic heterocycles. The van der Waals surface area contributed by atoms with Crippen LogP contribution < -0.4 is 10.9 Å². The van der Waals surface area contributed by atoms with Crippen LogP contribution in [-0.4, -0.2) is 16.2 Å². The molecule has 0 unspecified atom stereocenters. The highest BCUT2D eigenvalue weighted by molar-refractivity contribution is 8.00. The largest absolute Gasteiger partial charge is 0.423 e. The van der Waals surface area contributed by atoms with Gasteiger partial charge in [0.05, 0.1) is 0 Å². The number of rotatable bonds is 5. The quantitative estimate of drug-likeness (QED) is 0.300. The summed E-state index contributed by atoms with van der Waals surface area (Å²) in [5, 5.41) is 15.6. The van der Waals surface area contributed by atoms with Crippen molar-refractivity contribution in [3.05, 3.63) is 58.4 Å². The highest BCUT2D eigenvalue weighted by atomic mass is 32.2. The fourth-order valence-electron chi connectivity index (χ4n) is 2.85. The maximum Gasteiger partial charge on any atom is 0.336 e. The molecule has 132 valence electrons. The molecule has 4 aromatic rings. The normalized spacial score (nSPS) is 11.5. The molecule has 2 aromatic carbocycles. The zero-order valence-electron chi connectivity index (χ0n) is 14.4. The zero-order chi connectivity index (χ0) is 18.1. The van der Waals surface area contributed by atoms with E-state index in [0.717, 1.165) is 31.2 Å². The van der Waals surface area contributed by atoms with E-state index < -0.39 is 0 Å². The van der Waals surface area contributed by atoms with Gasteiger partial charge in [-0.1, -0.05) is 53.4 Å². The van der Waals surface area contributed by atoms with Gasteiger partial charge in [-0.3, -0.25) is 0 Å². The Morgan fingerprint density at radius 1 is 1.19 bits per heavy atom. The maximum absolute atomic E-state index is 12.0. The van der Waals surface area contributed by atoms with Crippen molar-refractivity contribution in [1.29, 1.82) is 0 Å². The smallest absolute Gasteiger partial charge is 0.336 e. The van der Waals surface area contributed by atoms with Gasteiger partial charge in [0, 0.05) is 23.2 Å². The van der Waals surface area contributed by atoms with Crippen molar-refractivity contribution in [1.82, 2.24) is 10.2 Å². The van der Waals surface area contributed by atoms with Crippen molar-refractivity contribution in [2.75, 3.05) is 5.32 Å². The van der Waals surface area contributed by atoms with Crippen LogP contribution in [0.15, 0.2) is 56.0 Å². The van der Waals surface area contributed by atoms with Crippen molar-refractivity contribution in [3.8, 4) is 0 Å². The molecule has 0 bridgehead atoms. The van der Waals surface area contributed by atoms with Gasteiger partial charge < -0.3 is 9.73 Å². The van der Waals surface area contributed by atoms with E-state index in [0.29, 0.717) is 17.4 Å². The maximum atomic E-state index is 12.0. The molecule has 0 amide bonds. The van der Waals surface area contributed by atoms with E-state index in [9.17, 15) is 4.79 Å². The fourth-order valence-corrected chi connectivity index (χ4v) is 4.72. The van der Waals surface area contributed by atoms with Crippen LogP contribution in [0.1, 0.15) is 19.4 Å². The number of nitrogens with zero attached hydrogens (tertiary/aromatic N) is 2. The van der Waals surface area contributed by atoms with E-state index in [-0.39, 0.29) is 5.63 Å². The Morgan fingerprint density at radius 3 is 2.88 bits per heavy atom. The Hall–Kier alpha value is -2.38. The molecule has 26 heavy (non-hydrogen) atoms. The molecule has 7 heteroatoms.